The first kappa shape index (κ1) is 19.1. The van der Waals surface area contributed by atoms with Crippen LogP contribution in [0.15, 0.2) is 51.5 Å². The van der Waals surface area contributed by atoms with Crippen molar-refractivity contribution in [3.8, 4) is 10.6 Å². The SMILES string of the molecule is O=C(Nc1ccc(Cl)c(S(=O)(=O)N2CCCC2)c1)c1csc(-c2ccoc2)n1. The van der Waals surface area contributed by atoms with Crippen LogP contribution in [0.5, 0.6) is 0 Å². The van der Waals surface area contributed by atoms with Gasteiger partial charge in [0.05, 0.1) is 11.3 Å². The number of hydrogen-bond acceptors (Lipinski definition) is 6. The molecule has 1 amide bonds. The van der Waals surface area contributed by atoms with Crippen molar-refractivity contribution in [1.29, 1.82) is 0 Å². The molecule has 1 aliphatic rings. The molecule has 1 aliphatic heterocycles. The van der Waals surface area contributed by atoms with Gasteiger partial charge in [0.2, 0.25) is 10.0 Å². The van der Waals surface area contributed by atoms with Gasteiger partial charge in [0, 0.05) is 29.7 Å². The Labute approximate surface area is 171 Å². The number of amides is 1. The maximum Gasteiger partial charge on any atom is 0.275 e. The molecule has 2 aromatic heterocycles. The summed E-state index contributed by atoms with van der Waals surface area (Å²) < 4.78 is 32.1. The van der Waals surface area contributed by atoms with Gasteiger partial charge in [0.15, 0.2) is 0 Å². The maximum atomic E-state index is 12.8. The number of benzene rings is 1. The molecule has 10 heteroatoms. The van der Waals surface area contributed by atoms with Crippen LogP contribution in [-0.4, -0.2) is 36.7 Å². The van der Waals surface area contributed by atoms with Gasteiger partial charge in [-0.3, -0.25) is 4.79 Å². The van der Waals surface area contributed by atoms with E-state index in [9.17, 15) is 13.2 Å². The first-order valence-corrected chi connectivity index (χ1v) is 11.2. The second-order valence-corrected chi connectivity index (χ2v) is 9.43. The molecule has 0 bridgehead atoms. The third-order valence-corrected chi connectivity index (χ3v) is 7.65. The quantitative estimate of drug-likeness (QED) is 0.648. The highest BCUT2D eigenvalue weighted by atomic mass is 35.5. The molecule has 146 valence electrons. The number of sulfonamides is 1. The van der Waals surface area contributed by atoms with Gasteiger partial charge in [0.1, 0.15) is 21.9 Å². The van der Waals surface area contributed by atoms with Crippen molar-refractivity contribution in [2.45, 2.75) is 17.7 Å². The summed E-state index contributed by atoms with van der Waals surface area (Å²) in [6.07, 6.45) is 4.74. The number of halogens is 1. The average Bonchev–Trinajstić information content (AvgIpc) is 3.43. The Morgan fingerprint density at radius 1 is 1.25 bits per heavy atom. The fourth-order valence-corrected chi connectivity index (χ4v) is 5.74. The number of nitrogens with one attached hydrogen (secondary N) is 1. The van der Waals surface area contributed by atoms with Crippen LogP contribution in [0.25, 0.3) is 10.6 Å². The van der Waals surface area contributed by atoms with Crippen LogP contribution >= 0.6 is 22.9 Å². The Hall–Kier alpha value is -2.20. The summed E-state index contributed by atoms with van der Waals surface area (Å²) in [5.74, 6) is -0.433. The first-order valence-electron chi connectivity index (χ1n) is 8.54. The van der Waals surface area contributed by atoms with E-state index in [1.165, 1.54) is 34.0 Å². The topological polar surface area (TPSA) is 92.5 Å². The van der Waals surface area contributed by atoms with Crippen LogP contribution in [-0.2, 0) is 10.0 Å². The molecule has 1 saturated heterocycles. The van der Waals surface area contributed by atoms with E-state index in [2.05, 4.69) is 10.3 Å². The van der Waals surface area contributed by atoms with E-state index >= 15 is 0 Å². The maximum absolute atomic E-state index is 12.8. The van der Waals surface area contributed by atoms with Crippen LogP contribution in [0, 0.1) is 0 Å². The van der Waals surface area contributed by atoms with Crippen molar-refractivity contribution in [2.75, 3.05) is 18.4 Å². The molecule has 0 atom stereocenters. The zero-order chi connectivity index (χ0) is 19.7. The minimum absolute atomic E-state index is 0.00812. The normalized spacial score (nSPS) is 15.0. The number of furan rings is 1. The number of thiazole rings is 1. The lowest BCUT2D eigenvalue weighted by molar-refractivity contribution is 0.102. The fraction of sp³-hybridized carbons (Fsp3) is 0.222. The monoisotopic (exact) mass is 437 g/mol. The van der Waals surface area contributed by atoms with Gasteiger partial charge in [-0.25, -0.2) is 13.4 Å². The summed E-state index contributed by atoms with van der Waals surface area (Å²) in [6.45, 7) is 0.954. The van der Waals surface area contributed by atoms with E-state index in [4.69, 9.17) is 16.0 Å². The predicted octanol–water partition coefficient (Wildman–Crippen LogP) is 4.09. The lowest BCUT2D eigenvalue weighted by Crippen LogP contribution is -2.28. The van der Waals surface area contributed by atoms with Gasteiger partial charge in [-0.2, -0.15) is 4.31 Å². The highest BCUT2D eigenvalue weighted by Gasteiger charge is 2.29. The van der Waals surface area contributed by atoms with Crippen molar-refractivity contribution in [3.05, 3.63) is 52.9 Å². The number of hydrogen-bond donors (Lipinski definition) is 1. The Morgan fingerprint density at radius 3 is 2.75 bits per heavy atom. The Balaban J connectivity index is 1.56. The minimum Gasteiger partial charge on any atom is -0.472 e. The Morgan fingerprint density at radius 2 is 2.04 bits per heavy atom. The molecule has 28 heavy (non-hydrogen) atoms. The second kappa shape index (κ2) is 7.67. The molecule has 1 fully saturated rings. The van der Waals surface area contributed by atoms with Crippen LogP contribution < -0.4 is 5.32 Å². The molecule has 1 aromatic carbocycles. The van der Waals surface area contributed by atoms with E-state index in [-0.39, 0.29) is 15.6 Å². The second-order valence-electron chi connectivity index (χ2n) is 6.26. The number of carbonyl (C=O) groups excluding carboxylic acids is 1. The first-order chi connectivity index (χ1) is 13.4. The summed E-state index contributed by atoms with van der Waals surface area (Å²) in [4.78, 5) is 16.8. The van der Waals surface area contributed by atoms with E-state index < -0.39 is 15.9 Å². The van der Waals surface area contributed by atoms with Crippen LogP contribution in [0.1, 0.15) is 23.3 Å². The summed E-state index contributed by atoms with van der Waals surface area (Å²) in [7, 11) is -3.69. The molecular formula is C18H16ClN3O4S2. The van der Waals surface area contributed by atoms with E-state index in [1.807, 2.05) is 0 Å². The summed E-state index contributed by atoms with van der Waals surface area (Å²) in [5, 5.41) is 5.11. The lowest BCUT2D eigenvalue weighted by atomic mass is 10.3. The van der Waals surface area contributed by atoms with Gasteiger partial charge in [0.25, 0.3) is 5.91 Å². The summed E-state index contributed by atoms with van der Waals surface area (Å²) in [6, 6.07) is 6.18. The largest absolute Gasteiger partial charge is 0.472 e. The van der Waals surface area contributed by atoms with Crippen molar-refractivity contribution < 1.29 is 17.6 Å². The van der Waals surface area contributed by atoms with Crippen LogP contribution in [0.4, 0.5) is 5.69 Å². The molecular weight excluding hydrogens is 422 g/mol. The van der Waals surface area contributed by atoms with Crippen LogP contribution in [0.3, 0.4) is 0 Å². The molecule has 7 nitrogen and oxygen atoms in total. The molecule has 1 N–H and O–H groups in total. The molecule has 0 unspecified atom stereocenters. The third-order valence-electron chi connectivity index (χ3n) is 4.38. The average molecular weight is 438 g/mol. The number of rotatable bonds is 5. The highest BCUT2D eigenvalue weighted by molar-refractivity contribution is 7.89. The van der Waals surface area contributed by atoms with E-state index in [0.29, 0.717) is 23.8 Å². The van der Waals surface area contributed by atoms with Crippen molar-refractivity contribution in [1.82, 2.24) is 9.29 Å². The molecule has 0 radical (unpaired) electrons. The molecule has 0 aliphatic carbocycles. The van der Waals surface area contributed by atoms with Crippen molar-refractivity contribution in [3.63, 3.8) is 0 Å². The summed E-state index contributed by atoms with van der Waals surface area (Å²) >= 11 is 7.45. The van der Waals surface area contributed by atoms with Crippen molar-refractivity contribution >= 4 is 44.6 Å². The zero-order valence-corrected chi connectivity index (χ0v) is 17.0. The number of aromatic nitrogens is 1. The standard InChI is InChI=1S/C18H16ClN3O4S2/c19-14-4-3-13(9-16(14)28(24,25)22-6-1-2-7-22)20-17(23)15-11-27-18(21-15)12-5-8-26-10-12/h3-5,8-11H,1-2,6-7H2,(H,20,23). The van der Waals surface area contributed by atoms with Crippen molar-refractivity contribution in [2.24, 2.45) is 0 Å². The fourth-order valence-electron chi connectivity index (χ4n) is 2.94. The molecule has 3 heterocycles. The molecule has 3 aromatic rings. The van der Waals surface area contributed by atoms with Crippen LogP contribution in [0.2, 0.25) is 5.02 Å². The van der Waals surface area contributed by atoms with Gasteiger partial charge in [-0.05, 0) is 37.1 Å². The zero-order valence-electron chi connectivity index (χ0n) is 14.6. The third kappa shape index (κ3) is 3.70. The predicted molar refractivity (Wildman–Crippen MR) is 107 cm³/mol. The Kier molecular flexibility index (Phi) is 5.24. The molecule has 4 rings (SSSR count). The molecule has 0 spiro atoms. The number of anilines is 1. The lowest BCUT2D eigenvalue weighted by Gasteiger charge is -2.17. The smallest absolute Gasteiger partial charge is 0.275 e. The van der Waals surface area contributed by atoms with Gasteiger partial charge < -0.3 is 9.73 Å². The molecule has 0 saturated carbocycles. The Bertz CT molecular complexity index is 1100. The van der Waals surface area contributed by atoms with E-state index in [1.54, 1.807) is 23.8 Å². The van der Waals surface area contributed by atoms with Gasteiger partial charge >= 0.3 is 0 Å². The number of nitrogens with zero attached hydrogens (tertiary/aromatic N) is 2. The highest BCUT2D eigenvalue weighted by Crippen LogP contribution is 2.30. The number of carbonyl (C=O) groups is 1. The van der Waals surface area contributed by atoms with Gasteiger partial charge in [-0.15, -0.1) is 11.3 Å². The summed E-state index contributed by atoms with van der Waals surface area (Å²) in [5.41, 5.74) is 1.36. The van der Waals surface area contributed by atoms with Gasteiger partial charge in [-0.1, -0.05) is 11.6 Å². The van der Waals surface area contributed by atoms with E-state index in [0.717, 1.165) is 18.4 Å². The minimum atomic E-state index is -3.69.